The van der Waals surface area contributed by atoms with Crippen LogP contribution < -0.4 is 10.6 Å². The molecule has 110 valence electrons. The van der Waals surface area contributed by atoms with Crippen LogP contribution in [0.4, 0.5) is 0 Å². The Bertz CT molecular complexity index is 642. The Morgan fingerprint density at radius 3 is 2.71 bits per heavy atom. The van der Waals surface area contributed by atoms with Crippen molar-refractivity contribution in [3.8, 4) is 0 Å². The highest BCUT2D eigenvalue weighted by atomic mass is 15.2. The van der Waals surface area contributed by atoms with Crippen LogP contribution in [0.2, 0.25) is 0 Å². The maximum absolute atomic E-state index is 4.29. The molecule has 0 aliphatic heterocycles. The fraction of sp³-hybridized carbons (Fsp3) is 0.389. The predicted molar refractivity (Wildman–Crippen MR) is 89.7 cm³/mol. The van der Waals surface area contributed by atoms with Crippen LogP contribution in [0.25, 0.3) is 10.8 Å². The molecule has 3 nitrogen and oxygen atoms in total. The van der Waals surface area contributed by atoms with Gasteiger partial charge < -0.3 is 10.6 Å². The van der Waals surface area contributed by atoms with Gasteiger partial charge in [-0.15, -0.1) is 0 Å². The third-order valence-electron chi connectivity index (χ3n) is 4.22. The van der Waals surface area contributed by atoms with Crippen LogP contribution in [0, 0.1) is 5.92 Å². The highest BCUT2D eigenvalue weighted by molar-refractivity contribution is 5.85. The molecule has 0 saturated heterocycles. The SMILES string of the molecule is CN=C(NCCc1cccc2ccccc12)NC1CC1C. The quantitative estimate of drug-likeness (QED) is 0.668. The highest BCUT2D eigenvalue weighted by Crippen LogP contribution is 2.28. The van der Waals surface area contributed by atoms with Crippen molar-refractivity contribution in [2.45, 2.75) is 25.8 Å². The molecule has 0 aromatic heterocycles. The van der Waals surface area contributed by atoms with Crippen LogP contribution in [-0.2, 0) is 6.42 Å². The number of hydrogen-bond acceptors (Lipinski definition) is 1. The van der Waals surface area contributed by atoms with E-state index in [0.717, 1.165) is 24.8 Å². The molecule has 2 N–H and O–H groups in total. The van der Waals surface area contributed by atoms with Crippen LogP contribution in [0.5, 0.6) is 0 Å². The smallest absolute Gasteiger partial charge is 0.191 e. The second kappa shape index (κ2) is 6.17. The molecule has 1 aliphatic rings. The molecule has 2 aromatic carbocycles. The van der Waals surface area contributed by atoms with Crippen molar-refractivity contribution in [1.29, 1.82) is 0 Å². The average Bonchev–Trinajstić information content (AvgIpc) is 3.21. The number of fused-ring (bicyclic) bond motifs is 1. The van der Waals surface area contributed by atoms with Gasteiger partial charge in [-0.1, -0.05) is 49.4 Å². The molecular weight excluding hydrogens is 258 g/mol. The van der Waals surface area contributed by atoms with E-state index < -0.39 is 0 Å². The number of benzene rings is 2. The van der Waals surface area contributed by atoms with Gasteiger partial charge in [-0.2, -0.15) is 0 Å². The fourth-order valence-corrected chi connectivity index (χ4v) is 2.72. The van der Waals surface area contributed by atoms with Gasteiger partial charge in [0, 0.05) is 19.6 Å². The van der Waals surface area contributed by atoms with Crippen LogP contribution >= 0.6 is 0 Å². The van der Waals surface area contributed by atoms with Crippen LogP contribution in [-0.4, -0.2) is 25.6 Å². The van der Waals surface area contributed by atoms with Crippen molar-refractivity contribution >= 4 is 16.7 Å². The van der Waals surface area contributed by atoms with Crippen molar-refractivity contribution in [3.63, 3.8) is 0 Å². The number of hydrogen-bond donors (Lipinski definition) is 2. The van der Waals surface area contributed by atoms with Gasteiger partial charge in [0.25, 0.3) is 0 Å². The Morgan fingerprint density at radius 1 is 1.19 bits per heavy atom. The van der Waals surface area contributed by atoms with E-state index in [1.165, 1.54) is 22.8 Å². The number of aliphatic imine (C=N–C) groups is 1. The summed E-state index contributed by atoms with van der Waals surface area (Å²) in [5.41, 5.74) is 1.39. The molecule has 2 aromatic rings. The number of nitrogens with one attached hydrogen (secondary N) is 2. The standard InChI is InChI=1S/C18H23N3/c1-13-12-17(13)21-18(19-2)20-11-10-15-8-5-7-14-6-3-4-9-16(14)15/h3-9,13,17H,10-12H2,1-2H3,(H2,19,20,21). The molecule has 2 unspecified atom stereocenters. The van der Waals surface area contributed by atoms with Crippen molar-refractivity contribution < 1.29 is 0 Å². The Kier molecular flexibility index (Phi) is 4.09. The van der Waals surface area contributed by atoms with Crippen molar-refractivity contribution in [1.82, 2.24) is 10.6 Å². The van der Waals surface area contributed by atoms with Gasteiger partial charge in [-0.25, -0.2) is 0 Å². The van der Waals surface area contributed by atoms with Crippen molar-refractivity contribution in [2.24, 2.45) is 10.9 Å². The first-order chi connectivity index (χ1) is 10.3. The number of rotatable bonds is 4. The van der Waals surface area contributed by atoms with Gasteiger partial charge in [-0.05, 0) is 35.1 Å². The van der Waals surface area contributed by atoms with Crippen molar-refractivity contribution in [3.05, 3.63) is 48.0 Å². The first-order valence-electron chi connectivity index (χ1n) is 7.72. The lowest BCUT2D eigenvalue weighted by atomic mass is 10.0. The van der Waals surface area contributed by atoms with E-state index in [1.54, 1.807) is 0 Å². The molecule has 2 atom stereocenters. The lowest BCUT2D eigenvalue weighted by molar-refractivity contribution is 0.759. The molecule has 1 aliphatic carbocycles. The van der Waals surface area contributed by atoms with E-state index in [1.807, 2.05) is 7.05 Å². The minimum Gasteiger partial charge on any atom is -0.356 e. The molecule has 3 heteroatoms. The predicted octanol–water partition coefficient (Wildman–Crippen LogP) is 2.96. The summed E-state index contributed by atoms with van der Waals surface area (Å²) < 4.78 is 0. The van der Waals surface area contributed by atoms with Gasteiger partial charge in [0.05, 0.1) is 0 Å². The normalized spacial score (nSPS) is 21.3. The second-order valence-corrected chi connectivity index (χ2v) is 5.85. The summed E-state index contributed by atoms with van der Waals surface area (Å²) >= 11 is 0. The van der Waals surface area contributed by atoms with Crippen LogP contribution in [0.3, 0.4) is 0 Å². The molecule has 0 spiro atoms. The first-order valence-corrected chi connectivity index (χ1v) is 7.72. The molecule has 0 amide bonds. The Morgan fingerprint density at radius 2 is 1.95 bits per heavy atom. The van der Waals surface area contributed by atoms with E-state index >= 15 is 0 Å². The summed E-state index contributed by atoms with van der Waals surface area (Å²) in [6.07, 6.45) is 2.26. The lowest BCUT2D eigenvalue weighted by Crippen LogP contribution is -2.39. The molecule has 0 bridgehead atoms. The molecule has 1 fully saturated rings. The van der Waals surface area contributed by atoms with E-state index in [-0.39, 0.29) is 0 Å². The lowest BCUT2D eigenvalue weighted by Gasteiger charge is -2.12. The summed E-state index contributed by atoms with van der Waals surface area (Å²) in [4.78, 5) is 4.29. The van der Waals surface area contributed by atoms with Gasteiger partial charge in [0.2, 0.25) is 0 Å². The minimum absolute atomic E-state index is 0.605. The molecule has 0 radical (unpaired) electrons. The maximum Gasteiger partial charge on any atom is 0.191 e. The van der Waals surface area contributed by atoms with Crippen LogP contribution in [0.15, 0.2) is 47.5 Å². The van der Waals surface area contributed by atoms with E-state index in [9.17, 15) is 0 Å². The third kappa shape index (κ3) is 3.35. The third-order valence-corrected chi connectivity index (χ3v) is 4.22. The number of nitrogens with zero attached hydrogens (tertiary/aromatic N) is 1. The monoisotopic (exact) mass is 281 g/mol. The zero-order valence-electron chi connectivity index (χ0n) is 12.8. The zero-order chi connectivity index (χ0) is 14.7. The summed E-state index contributed by atoms with van der Waals surface area (Å²) in [5, 5.41) is 9.52. The highest BCUT2D eigenvalue weighted by Gasteiger charge is 2.33. The van der Waals surface area contributed by atoms with E-state index in [0.29, 0.717) is 6.04 Å². The Balaban J connectivity index is 1.59. The maximum atomic E-state index is 4.29. The van der Waals surface area contributed by atoms with E-state index in [2.05, 4.69) is 65.0 Å². The summed E-state index contributed by atoms with van der Waals surface area (Å²) in [6, 6.07) is 15.7. The number of guanidine groups is 1. The van der Waals surface area contributed by atoms with Gasteiger partial charge in [0.15, 0.2) is 5.96 Å². The zero-order valence-corrected chi connectivity index (χ0v) is 12.8. The Labute approximate surface area is 126 Å². The van der Waals surface area contributed by atoms with E-state index in [4.69, 9.17) is 0 Å². The average molecular weight is 281 g/mol. The molecule has 0 heterocycles. The molecule has 1 saturated carbocycles. The topological polar surface area (TPSA) is 36.4 Å². The van der Waals surface area contributed by atoms with Gasteiger partial charge in [-0.3, -0.25) is 4.99 Å². The molecule has 3 rings (SSSR count). The van der Waals surface area contributed by atoms with Crippen molar-refractivity contribution in [2.75, 3.05) is 13.6 Å². The largest absolute Gasteiger partial charge is 0.356 e. The first kappa shape index (κ1) is 13.9. The van der Waals surface area contributed by atoms with Crippen LogP contribution in [0.1, 0.15) is 18.9 Å². The molecular formula is C18H23N3. The summed E-state index contributed by atoms with van der Waals surface area (Å²) in [7, 11) is 1.83. The minimum atomic E-state index is 0.605. The summed E-state index contributed by atoms with van der Waals surface area (Å²) in [5.74, 6) is 1.70. The van der Waals surface area contributed by atoms with Gasteiger partial charge in [0.1, 0.15) is 0 Å². The second-order valence-electron chi connectivity index (χ2n) is 5.85. The van der Waals surface area contributed by atoms with Gasteiger partial charge >= 0.3 is 0 Å². The summed E-state index contributed by atoms with van der Waals surface area (Å²) in [6.45, 7) is 3.16. The fourth-order valence-electron chi connectivity index (χ4n) is 2.72. The molecule has 21 heavy (non-hydrogen) atoms. The Hall–Kier alpha value is -2.03.